The van der Waals surface area contributed by atoms with Gasteiger partial charge in [-0.15, -0.1) is 0 Å². The van der Waals surface area contributed by atoms with E-state index in [1.807, 2.05) is 30.3 Å². The molecule has 0 radical (unpaired) electrons. The molecule has 0 saturated heterocycles. The zero-order chi connectivity index (χ0) is 13.8. The van der Waals surface area contributed by atoms with E-state index < -0.39 is 6.10 Å². The Balaban J connectivity index is 2.13. The van der Waals surface area contributed by atoms with Gasteiger partial charge in [0, 0.05) is 20.7 Å². The summed E-state index contributed by atoms with van der Waals surface area (Å²) in [5.74, 6) is 0.669. The molecule has 1 aromatic carbocycles. The van der Waals surface area contributed by atoms with Gasteiger partial charge >= 0.3 is 0 Å². The van der Waals surface area contributed by atoms with Crippen LogP contribution in [0.1, 0.15) is 24.3 Å². The lowest BCUT2D eigenvalue weighted by Gasteiger charge is -2.13. The SMILES string of the molecule is C[C@@H](O)c1cc(Br)ccc1OCc1ccc(Br)cn1. The molecule has 0 aliphatic heterocycles. The van der Waals surface area contributed by atoms with E-state index in [4.69, 9.17) is 4.74 Å². The summed E-state index contributed by atoms with van der Waals surface area (Å²) >= 11 is 6.72. The molecule has 1 heterocycles. The minimum atomic E-state index is -0.578. The molecule has 1 aromatic heterocycles. The van der Waals surface area contributed by atoms with E-state index in [0.29, 0.717) is 12.4 Å². The standard InChI is InChI=1S/C14H13Br2NO2/c1-9(18)13-6-10(15)3-5-14(13)19-8-12-4-2-11(16)7-17-12/h2-7,9,18H,8H2,1H3/t9-/m1/s1. The van der Waals surface area contributed by atoms with Gasteiger partial charge in [0.05, 0.1) is 11.8 Å². The van der Waals surface area contributed by atoms with Crippen LogP contribution in [0.2, 0.25) is 0 Å². The summed E-state index contributed by atoms with van der Waals surface area (Å²) in [4.78, 5) is 4.24. The molecular weight excluding hydrogens is 374 g/mol. The first kappa shape index (κ1) is 14.5. The number of halogens is 2. The van der Waals surface area contributed by atoms with Gasteiger partial charge in [-0.25, -0.2) is 0 Å². The zero-order valence-corrected chi connectivity index (χ0v) is 13.5. The van der Waals surface area contributed by atoms with Crippen molar-refractivity contribution in [3.05, 3.63) is 56.7 Å². The van der Waals surface area contributed by atoms with Crippen molar-refractivity contribution in [2.75, 3.05) is 0 Å². The maximum Gasteiger partial charge on any atom is 0.130 e. The number of aliphatic hydroxyl groups excluding tert-OH is 1. The number of benzene rings is 1. The van der Waals surface area contributed by atoms with Crippen LogP contribution in [0.4, 0.5) is 0 Å². The highest BCUT2D eigenvalue weighted by atomic mass is 79.9. The van der Waals surface area contributed by atoms with E-state index in [2.05, 4.69) is 36.8 Å². The van der Waals surface area contributed by atoms with Gasteiger partial charge < -0.3 is 9.84 Å². The minimum absolute atomic E-state index is 0.370. The minimum Gasteiger partial charge on any atom is -0.487 e. The van der Waals surface area contributed by atoms with Crippen LogP contribution in [0.5, 0.6) is 5.75 Å². The van der Waals surface area contributed by atoms with Crippen LogP contribution in [0.3, 0.4) is 0 Å². The highest BCUT2D eigenvalue weighted by Gasteiger charge is 2.10. The number of aromatic nitrogens is 1. The summed E-state index contributed by atoms with van der Waals surface area (Å²) < 4.78 is 7.57. The van der Waals surface area contributed by atoms with Crippen molar-refractivity contribution < 1.29 is 9.84 Å². The summed E-state index contributed by atoms with van der Waals surface area (Å²) in [5, 5.41) is 9.74. The van der Waals surface area contributed by atoms with Gasteiger partial charge in [-0.1, -0.05) is 15.9 Å². The average molecular weight is 387 g/mol. The lowest BCUT2D eigenvalue weighted by Crippen LogP contribution is -2.02. The second kappa shape index (κ2) is 6.50. The molecule has 0 bridgehead atoms. The second-order valence-electron chi connectivity index (χ2n) is 4.11. The number of ether oxygens (including phenoxy) is 1. The molecule has 5 heteroatoms. The number of hydrogen-bond acceptors (Lipinski definition) is 3. The molecule has 2 aromatic rings. The van der Waals surface area contributed by atoms with Crippen molar-refractivity contribution in [1.82, 2.24) is 4.98 Å². The van der Waals surface area contributed by atoms with Crippen LogP contribution in [0, 0.1) is 0 Å². The van der Waals surface area contributed by atoms with Crippen molar-refractivity contribution >= 4 is 31.9 Å². The third-order valence-corrected chi connectivity index (χ3v) is 3.55. The molecule has 100 valence electrons. The normalized spacial score (nSPS) is 12.2. The largest absolute Gasteiger partial charge is 0.487 e. The highest BCUT2D eigenvalue weighted by molar-refractivity contribution is 9.10. The summed E-state index contributed by atoms with van der Waals surface area (Å²) in [6.45, 7) is 2.08. The molecule has 0 saturated carbocycles. The Bertz CT molecular complexity index is 556. The quantitative estimate of drug-likeness (QED) is 0.854. The summed E-state index contributed by atoms with van der Waals surface area (Å²) in [5.41, 5.74) is 1.59. The van der Waals surface area contributed by atoms with E-state index in [-0.39, 0.29) is 0 Å². The third-order valence-electron chi connectivity index (χ3n) is 2.59. The van der Waals surface area contributed by atoms with Crippen LogP contribution in [0.25, 0.3) is 0 Å². The van der Waals surface area contributed by atoms with Gasteiger partial charge in [0.15, 0.2) is 0 Å². The molecule has 0 aliphatic carbocycles. The molecule has 1 N–H and O–H groups in total. The molecule has 1 atom stereocenters. The lowest BCUT2D eigenvalue weighted by atomic mass is 10.1. The van der Waals surface area contributed by atoms with Crippen LogP contribution in [0.15, 0.2) is 45.5 Å². The predicted octanol–water partition coefficient (Wildman–Crippen LogP) is 4.24. The Hall–Kier alpha value is -0.910. The van der Waals surface area contributed by atoms with E-state index in [1.165, 1.54) is 0 Å². The highest BCUT2D eigenvalue weighted by Crippen LogP contribution is 2.29. The van der Waals surface area contributed by atoms with Crippen molar-refractivity contribution in [2.24, 2.45) is 0 Å². The number of aliphatic hydroxyl groups is 1. The van der Waals surface area contributed by atoms with Crippen LogP contribution < -0.4 is 4.74 Å². The third kappa shape index (κ3) is 4.03. The van der Waals surface area contributed by atoms with Gasteiger partial charge in [-0.2, -0.15) is 0 Å². The molecule has 0 amide bonds. The number of hydrogen-bond donors (Lipinski definition) is 1. The fourth-order valence-corrected chi connectivity index (χ4v) is 2.23. The first-order valence-electron chi connectivity index (χ1n) is 5.77. The first-order chi connectivity index (χ1) is 9.06. The van der Waals surface area contributed by atoms with Gasteiger partial charge in [-0.3, -0.25) is 4.98 Å². The van der Waals surface area contributed by atoms with E-state index in [9.17, 15) is 5.11 Å². The monoisotopic (exact) mass is 385 g/mol. The molecule has 3 nitrogen and oxygen atoms in total. The molecule has 19 heavy (non-hydrogen) atoms. The maximum absolute atomic E-state index is 9.74. The Morgan fingerprint density at radius 3 is 2.58 bits per heavy atom. The smallest absolute Gasteiger partial charge is 0.130 e. The van der Waals surface area contributed by atoms with Gasteiger partial charge in [0.2, 0.25) is 0 Å². The topological polar surface area (TPSA) is 42.4 Å². The van der Waals surface area contributed by atoms with Crippen molar-refractivity contribution in [2.45, 2.75) is 19.6 Å². The Labute approximate surface area is 128 Å². The Morgan fingerprint density at radius 2 is 1.95 bits per heavy atom. The number of rotatable bonds is 4. The fraction of sp³-hybridized carbons (Fsp3) is 0.214. The number of nitrogens with zero attached hydrogens (tertiary/aromatic N) is 1. The molecule has 0 aliphatic rings. The Morgan fingerprint density at radius 1 is 1.21 bits per heavy atom. The predicted molar refractivity (Wildman–Crippen MR) is 81.0 cm³/mol. The summed E-state index contributed by atoms with van der Waals surface area (Å²) in [7, 11) is 0. The van der Waals surface area contributed by atoms with Gasteiger partial charge in [-0.05, 0) is 53.2 Å². The fourth-order valence-electron chi connectivity index (χ4n) is 1.62. The molecule has 2 rings (SSSR count). The van der Waals surface area contributed by atoms with Crippen LogP contribution in [-0.4, -0.2) is 10.1 Å². The molecular formula is C14H13Br2NO2. The summed E-state index contributed by atoms with van der Waals surface area (Å²) in [6.07, 6.45) is 1.15. The van der Waals surface area contributed by atoms with E-state index in [1.54, 1.807) is 13.1 Å². The van der Waals surface area contributed by atoms with Gasteiger partial charge in [0.1, 0.15) is 12.4 Å². The first-order valence-corrected chi connectivity index (χ1v) is 7.35. The van der Waals surface area contributed by atoms with Crippen LogP contribution in [-0.2, 0) is 6.61 Å². The Kier molecular flexibility index (Phi) is 4.96. The molecule has 0 fully saturated rings. The average Bonchev–Trinajstić information content (AvgIpc) is 2.39. The zero-order valence-electron chi connectivity index (χ0n) is 10.3. The number of pyridine rings is 1. The van der Waals surface area contributed by atoms with E-state index in [0.717, 1.165) is 20.2 Å². The lowest BCUT2D eigenvalue weighted by molar-refractivity contribution is 0.189. The van der Waals surface area contributed by atoms with Crippen molar-refractivity contribution in [1.29, 1.82) is 0 Å². The van der Waals surface area contributed by atoms with E-state index >= 15 is 0 Å². The second-order valence-corrected chi connectivity index (χ2v) is 5.95. The molecule has 0 spiro atoms. The van der Waals surface area contributed by atoms with Crippen molar-refractivity contribution in [3.8, 4) is 5.75 Å². The maximum atomic E-state index is 9.74. The van der Waals surface area contributed by atoms with Crippen molar-refractivity contribution in [3.63, 3.8) is 0 Å². The van der Waals surface area contributed by atoms with Crippen LogP contribution >= 0.6 is 31.9 Å². The molecule has 0 unspecified atom stereocenters. The van der Waals surface area contributed by atoms with Gasteiger partial charge in [0.25, 0.3) is 0 Å². The summed E-state index contributed by atoms with van der Waals surface area (Å²) in [6, 6.07) is 9.39.